The second kappa shape index (κ2) is 14.4. The highest BCUT2D eigenvalue weighted by atomic mass is 16.7. The van der Waals surface area contributed by atoms with Crippen molar-refractivity contribution in [2.24, 2.45) is 0 Å². The average molecular weight is 540 g/mol. The first-order valence-corrected chi connectivity index (χ1v) is 10.6. The Morgan fingerprint density at radius 2 is 0.944 bits per heavy atom. The van der Waals surface area contributed by atoms with Crippen LogP contribution in [0.25, 0.3) is 0 Å². The summed E-state index contributed by atoms with van der Waals surface area (Å²) >= 11 is 0. The van der Waals surface area contributed by atoms with E-state index in [0.717, 1.165) is 0 Å². The standard InChI is InChI=1S/3C6H12O6/c7-2-6(11)5(10)4(9)3(8)1-12-6;2*7-1-2-3(8)4(9)5(10)6(11)12-2/h3-5,7-11H,1-2H2;2*2-11H,1H2/t3-,4+,5-,6?;2*2?,3-,4+,5?,6?/m111/s1. The summed E-state index contributed by atoms with van der Waals surface area (Å²) in [5.74, 6) is -2.17. The maximum Gasteiger partial charge on any atom is 0.218 e. The molecular formula is C18H36O18. The zero-order chi connectivity index (χ0) is 28.0. The van der Waals surface area contributed by atoms with Gasteiger partial charge in [-0.1, -0.05) is 0 Å². The number of hydrogen-bond acceptors (Lipinski definition) is 18. The Kier molecular flexibility index (Phi) is 13.4. The van der Waals surface area contributed by atoms with Gasteiger partial charge in [-0.05, 0) is 0 Å². The second-order valence-corrected chi connectivity index (χ2v) is 8.26. The van der Waals surface area contributed by atoms with Crippen molar-refractivity contribution in [2.45, 2.75) is 85.5 Å². The second-order valence-electron chi connectivity index (χ2n) is 8.26. The third-order valence-electron chi connectivity index (χ3n) is 5.64. The summed E-state index contributed by atoms with van der Waals surface area (Å²) in [5, 5.41) is 134. The van der Waals surface area contributed by atoms with E-state index < -0.39 is 105 Å². The molecule has 0 spiro atoms. The minimum absolute atomic E-state index is 0.324. The van der Waals surface area contributed by atoms with E-state index in [0.29, 0.717) is 0 Å². The summed E-state index contributed by atoms with van der Waals surface area (Å²) in [6.07, 6.45) is -18.5. The van der Waals surface area contributed by atoms with Gasteiger partial charge in [0.1, 0.15) is 67.1 Å². The van der Waals surface area contributed by atoms with Gasteiger partial charge in [0.15, 0.2) is 12.6 Å². The lowest BCUT2D eigenvalue weighted by Crippen LogP contribution is -2.62. The summed E-state index contributed by atoms with van der Waals surface area (Å²) in [6, 6.07) is 0. The third-order valence-corrected chi connectivity index (χ3v) is 5.64. The molecule has 0 saturated carbocycles. The summed E-state index contributed by atoms with van der Waals surface area (Å²) < 4.78 is 13.7. The van der Waals surface area contributed by atoms with E-state index in [9.17, 15) is 5.11 Å². The SMILES string of the molecule is OCC1(O)OC[C@@H](O)[C@H](O)[C@H]1O.OCC1OC(O)C(O)[C@@H](O)[C@@H]1O.OCC1OC(O)C(O)[C@@H](O)[C@@H]1O. The summed E-state index contributed by atoms with van der Waals surface area (Å²) in [6.45, 7) is -2.21. The van der Waals surface area contributed by atoms with Crippen LogP contribution < -0.4 is 0 Å². The van der Waals surface area contributed by atoms with Crippen LogP contribution in [0.3, 0.4) is 0 Å². The van der Waals surface area contributed by atoms with Crippen molar-refractivity contribution in [3.63, 3.8) is 0 Å². The summed E-state index contributed by atoms with van der Waals surface area (Å²) in [4.78, 5) is 0. The molecule has 0 bridgehead atoms. The summed E-state index contributed by atoms with van der Waals surface area (Å²) in [5.41, 5.74) is 0. The molecule has 0 aromatic rings. The van der Waals surface area contributed by atoms with Crippen molar-refractivity contribution in [2.75, 3.05) is 26.4 Å². The monoisotopic (exact) mass is 540 g/mol. The van der Waals surface area contributed by atoms with E-state index in [2.05, 4.69) is 14.2 Å². The molecule has 18 heteroatoms. The molecule has 0 aromatic carbocycles. The Morgan fingerprint density at radius 1 is 0.556 bits per heavy atom. The zero-order valence-electron chi connectivity index (χ0n) is 18.8. The molecule has 0 aromatic heterocycles. The van der Waals surface area contributed by atoms with Gasteiger partial charge in [-0.3, -0.25) is 0 Å². The molecule has 216 valence electrons. The van der Waals surface area contributed by atoms with Crippen LogP contribution in [0.15, 0.2) is 0 Å². The lowest BCUT2D eigenvalue weighted by atomic mass is 9.98. The van der Waals surface area contributed by atoms with Crippen molar-refractivity contribution in [1.29, 1.82) is 0 Å². The molecule has 3 fully saturated rings. The van der Waals surface area contributed by atoms with Crippen molar-refractivity contribution < 1.29 is 90.8 Å². The highest BCUT2D eigenvalue weighted by Crippen LogP contribution is 2.23. The molecule has 18 nitrogen and oxygen atoms in total. The lowest BCUT2D eigenvalue weighted by Gasteiger charge is -2.40. The van der Waals surface area contributed by atoms with Gasteiger partial charge in [0.05, 0.1) is 26.4 Å². The Hall–Kier alpha value is -0.720. The van der Waals surface area contributed by atoms with E-state index in [-0.39, 0.29) is 6.61 Å². The van der Waals surface area contributed by atoms with Gasteiger partial charge in [0.2, 0.25) is 5.79 Å². The minimum atomic E-state index is -2.17. The van der Waals surface area contributed by atoms with E-state index in [1.807, 2.05) is 0 Å². The molecule has 36 heavy (non-hydrogen) atoms. The number of aliphatic hydroxyl groups is 15. The smallest absolute Gasteiger partial charge is 0.218 e. The maximum atomic E-state index is 9.24. The largest absolute Gasteiger partial charge is 0.394 e. The van der Waals surface area contributed by atoms with Crippen LogP contribution in [-0.4, -0.2) is 189 Å². The fourth-order valence-corrected chi connectivity index (χ4v) is 3.19. The first-order valence-electron chi connectivity index (χ1n) is 10.6. The van der Waals surface area contributed by atoms with Crippen molar-refractivity contribution >= 4 is 0 Å². The normalized spacial score (nSPS) is 49.2. The molecule has 15 N–H and O–H groups in total. The molecule has 3 aliphatic rings. The first-order chi connectivity index (χ1) is 16.7. The number of hydrogen-bond donors (Lipinski definition) is 15. The predicted octanol–water partition coefficient (Wildman–Crippen LogP) is -9.66. The number of ether oxygens (including phenoxy) is 3. The molecule has 3 aliphatic heterocycles. The van der Waals surface area contributed by atoms with Gasteiger partial charge in [0, 0.05) is 0 Å². The Labute approximate surface area is 203 Å². The molecule has 14 atom stereocenters. The molecule has 3 saturated heterocycles. The number of rotatable bonds is 3. The predicted molar refractivity (Wildman–Crippen MR) is 108 cm³/mol. The summed E-state index contributed by atoms with van der Waals surface area (Å²) in [7, 11) is 0. The quantitative estimate of drug-likeness (QED) is 0.158. The molecule has 0 radical (unpaired) electrons. The van der Waals surface area contributed by atoms with Crippen LogP contribution in [0.5, 0.6) is 0 Å². The van der Waals surface area contributed by atoms with Crippen LogP contribution in [0.1, 0.15) is 0 Å². The van der Waals surface area contributed by atoms with E-state index in [1.165, 1.54) is 0 Å². The Morgan fingerprint density at radius 3 is 1.28 bits per heavy atom. The van der Waals surface area contributed by atoms with Crippen LogP contribution in [-0.2, 0) is 14.2 Å². The third kappa shape index (κ3) is 7.89. The van der Waals surface area contributed by atoms with Gasteiger partial charge in [0.25, 0.3) is 0 Å². The molecule has 3 heterocycles. The lowest BCUT2D eigenvalue weighted by molar-refractivity contribution is -0.331. The average Bonchev–Trinajstić information content (AvgIpc) is 2.87. The molecular weight excluding hydrogens is 504 g/mol. The highest BCUT2D eigenvalue weighted by Gasteiger charge is 2.48. The van der Waals surface area contributed by atoms with E-state index in [4.69, 9.17) is 71.5 Å². The van der Waals surface area contributed by atoms with Gasteiger partial charge in [-0.15, -0.1) is 0 Å². The Bertz CT molecular complexity index is 585. The number of aliphatic hydroxyl groups excluding tert-OH is 14. The minimum Gasteiger partial charge on any atom is -0.394 e. The molecule has 7 unspecified atom stereocenters. The first kappa shape index (κ1) is 33.3. The van der Waals surface area contributed by atoms with Crippen LogP contribution >= 0.6 is 0 Å². The van der Waals surface area contributed by atoms with Crippen LogP contribution in [0.2, 0.25) is 0 Å². The van der Waals surface area contributed by atoms with Crippen molar-refractivity contribution in [3.05, 3.63) is 0 Å². The van der Waals surface area contributed by atoms with Crippen LogP contribution in [0, 0.1) is 0 Å². The van der Waals surface area contributed by atoms with Gasteiger partial charge < -0.3 is 90.8 Å². The fraction of sp³-hybridized carbons (Fsp3) is 1.00. The van der Waals surface area contributed by atoms with Gasteiger partial charge in [-0.25, -0.2) is 0 Å². The van der Waals surface area contributed by atoms with Crippen LogP contribution in [0.4, 0.5) is 0 Å². The maximum absolute atomic E-state index is 9.24. The Balaban J connectivity index is 0.000000270. The van der Waals surface area contributed by atoms with E-state index in [1.54, 1.807) is 0 Å². The fourth-order valence-electron chi connectivity index (χ4n) is 3.19. The highest BCUT2D eigenvalue weighted by molar-refractivity contribution is 4.91. The topological polar surface area (TPSA) is 331 Å². The van der Waals surface area contributed by atoms with Gasteiger partial charge in [-0.2, -0.15) is 0 Å². The molecule has 3 rings (SSSR count). The van der Waals surface area contributed by atoms with E-state index >= 15 is 0 Å². The van der Waals surface area contributed by atoms with Crippen molar-refractivity contribution in [3.8, 4) is 0 Å². The van der Waals surface area contributed by atoms with Crippen molar-refractivity contribution in [1.82, 2.24) is 0 Å². The molecule has 0 amide bonds. The van der Waals surface area contributed by atoms with Gasteiger partial charge >= 0.3 is 0 Å². The zero-order valence-corrected chi connectivity index (χ0v) is 18.8. The molecule has 0 aliphatic carbocycles.